The summed E-state index contributed by atoms with van der Waals surface area (Å²) in [5, 5.41) is 10.4. The third-order valence-electron chi connectivity index (χ3n) is 1.88. The second-order valence-corrected chi connectivity index (χ2v) is 5.25. The van der Waals surface area contributed by atoms with Crippen LogP contribution in [-0.4, -0.2) is 17.0 Å². The van der Waals surface area contributed by atoms with E-state index in [1.54, 1.807) is 0 Å². The van der Waals surface area contributed by atoms with Crippen LogP contribution in [0.15, 0.2) is 0 Å². The number of rotatable bonds is 0. The highest BCUT2D eigenvalue weighted by Crippen LogP contribution is 2.18. The van der Waals surface area contributed by atoms with Crippen molar-refractivity contribution in [3.05, 3.63) is 0 Å². The molecule has 1 fully saturated rings. The van der Waals surface area contributed by atoms with E-state index < -0.39 is 0 Å². The van der Waals surface area contributed by atoms with Gasteiger partial charge in [0.15, 0.2) is 0 Å². The molecule has 0 radical (unpaired) electrons. The largest absolute Gasteiger partial charge is 0.282 e. The summed E-state index contributed by atoms with van der Waals surface area (Å²) in [4.78, 5) is 0. The minimum atomic E-state index is -0.0156. The smallest absolute Gasteiger partial charge is 0.0656 e. The van der Waals surface area contributed by atoms with Crippen LogP contribution in [0.2, 0.25) is 0 Å². The summed E-state index contributed by atoms with van der Waals surface area (Å²) in [6.45, 7) is 12.9. The van der Waals surface area contributed by atoms with Crippen LogP contribution in [0.3, 0.4) is 0 Å². The van der Waals surface area contributed by atoms with E-state index in [0.29, 0.717) is 0 Å². The first-order valence-corrected chi connectivity index (χ1v) is 4.50. The molecular formula is C9H21N3. The lowest BCUT2D eigenvalue weighted by Gasteiger charge is -2.52. The molecule has 0 aromatic carbocycles. The Morgan fingerprint density at radius 2 is 0.667 bits per heavy atom. The molecule has 0 spiro atoms. The van der Waals surface area contributed by atoms with Crippen molar-refractivity contribution >= 4 is 0 Å². The van der Waals surface area contributed by atoms with E-state index in [1.807, 2.05) is 0 Å². The zero-order chi connectivity index (χ0) is 9.62. The van der Waals surface area contributed by atoms with Crippen molar-refractivity contribution in [2.75, 3.05) is 0 Å². The molecule has 0 aromatic heterocycles. The zero-order valence-corrected chi connectivity index (χ0v) is 9.00. The first kappa shape index (κ1) is 9.96. The number of hydrogen-bond acceptors (Lipinski definition) is 3. The molecule has 3 nitrogen and oxygen atoms in total. The van der Waals surface area contributed by atoms with Crippen LogP contribution >= 0.6 is 0 Å². The van der Waals surface area contributed by atoms with Crippen molar-refractivity contribution in [1.29, 1.82) is 0 Å². The highest BCUT2D eigenvalue weighted by atomic mass is 15.4. The normalized spacial score (nSPS) is 31.5. The first-order valence-electron chi connectivity index (χ1n) is 4.50. The summed E-state index contributed by atoms with van der Waals surface area (Å²) >= 11 is 0. The fraction of sp³-hybridized carbons (Fsp3) is 1.00. The van der Waals surface area contributed by atoms with Gasteiger partial charge in [-0.2, -0.15) is 0 Å². The van der Waals surface area contributed by atoms with E-state index in [1.165, 1.54) is 0 Å². The molecule has 72 valence electrons. The standard InChI is InChI=1S/C9H21N3/c1-7(2)10-8(3,4)12-9(5,6)11-7/h10-12H,1-6H3. The molecule has 3 N–H and O–H groups in total. The predicted molar refractivity (Wildman–Crippen MR) is 51.6 cm³/mol. The maximum Gasteiger partial charge on any atom is 0.0656 e. The highest BCUT2D eigenvalue weighted by Gasteiger charge is 2.40. The van der Waals surface area contributed by atoms with Crippen molar-refractivity contribution in [2.24, 2.45) is 0 Å². The lowest BCUT2D eigenvalue weighted by atomic mass is 10.0. The summed E-state index contributed by atoms with van der Waals surface area (Å²) in [5.41, 5.74) is -0.0469. The van der Waals surface area contributed by atoms with Crippen LogP contribution < -0.4 is 16.0 Å². The molecule has 1 saturated heterocycles. The van der Waals surface area contributed by atoms with Gasteiger partial charge in [-0.15, -0.1) is 0 Å². The van der Waals surface area contributed by atoms with Crippen LogP contribution in [-0.2, 0) is 0 Å². The van der Waals surface area contributed by atoms with Gasteiger partial charge in [0.05, 0.1) is 17.0 Å². The minimum Gasteiger partial charge on any atom is -0.282 e. The molecule has 0 bridgehead atoms. The third kappa shape index (κ3) is 2.44. The van der Waals surface area contributed by atoms with Gasteiger partial charge in [-0.05, 0) is 41.5 Å². The molecule has 0 saturated carbocycles. The summed E-state index contributed by atoms with van der Waals surface area (Å²) in [6.07, 6.45) is 0. The molecule has 0 aliphatic carbocycles. The quantitative estimate of drug-likeness (QED) is 0.508. The lowest BCUT2D eigenvalue weighted by molar-refractivity contribution is 0.0439. The van der Waals surface area contributed by atoms with Crippen molar-refractivity contribution in [2.45, 2.75) is 58.5 Å². The summed E-state index contributed by atoms with van der Waals surface area (Å²) in [6, 6.07) is 0. The first-order chi connectivity index (χ1) is 5.12. The molecule has 1 aliphatic rings. The van der Waals surface area contributed by atoms with Crippen LogP contribution in [0.5, 0.6) is 0 Å². The molecular weight excluding hydrogens is 150 g/mol. The van der Waals surface area contributed by atoms with E-state index in [9.17, 15) is 0 Å². The fourth-order valence-corrected chi connectivity index (χ4v) is 2.44. The Labute approximate surface area is 75.3 Å². The molecule has 3 heteroatoms. The van der Waals surface area contributed by atoms with E-state index >= 15 is 0 Å². The Morgan fingerprint density at radius 1 is 0.500 bits per heavy atom. The van der Waals surface area contributed by atoms with Crippen molar-refractivity contribution in [3.8, 4) is 0 Å². The van der Waals surface area contributed by atoms with E-state index in [4.69, 9.17) is 0 Å². The van der Waals surface area contributed by atoms with Crippen molar-refractivity contribution < 1.29 is 0 Å². The van der Waals surface area contributed by atoms with Gasteiger partial charge >= 0.3 is 0 Å². The third-order valence-corrected chi connectivity index (χ3v) is 1.88. The van der Waals surface area contributed by atoms with Crippen LogP contribution in [0.4, 0.5) is 0 Å². The van der Waals surface area contributed by atoms with Gasteiger partial charge in [0, 0.05) is 0 Å². The Kier molecular flexibility index (Phi) is 2.02. The van der Waals surface area contributed by atoms with Gasteiger partial charge < -0.3 is 0 Å². The minimum absolute atomic E-state index is 0.0156. The Morgan fingerprint density at radius 3 is 0.833 bits per heavy atom. The summed E-state index contributed by atoms with van der Waals surface area (Å²) < 4.78 is 0. The van der Waals surface area contributed by atoms with Gasteiger partial charge in [0.25, 0.3) is 0 Å². The second kappa shape index (κ2) is 2.44. The van der Waals surface area contributed by atoms with E-state index in [0.717, 1.165) is 0 Å². The molecule has 1 rings (SSSR count). The Hall–Kier alpha value is -0.120. The van der Waals surface area contributed by atoms with Crippen molar-refractivity contribution in [3.63, 3.8) is 0 Å². The Bertz CT molecular complexity index is 137. The van der Waals surface area contributed by atoms with Gasteiger partial charge in [0.1, 0.15) is 0 Å². The predicted octanol–water partition coefficient (Wildman–Crippen LogP) is 0.977. The second-order valence-electron chi connectivity index (χ2n) is 5.25. The van der Waals surface area contributed by atoms with Crippen molar-refractivity contribution in [1.82, 2.24) is 16.0 Å². The summed E-state index contributed by atoms with van der Waals surface area (Å²) in [5.74, 6) is 0. The summed E-state index contributed by atoms with van der Waals surface area (Å²) in [7, 11) is 0. The van der Waals surface area contributed by atoms with Crippen LogP contribution in [0.25, 0.3) is 0 Å². The Balaban J connectivity index is 2.81. The zero-order valence-electron chi connectivity index (χ0n) is 9.00. The molecule has 0 aromatic rings. The fourth-order valence-electron chi connectivity index (χ4n) is 2.44. The van der Waals surface area contributed by atoms with E-state index in [-0.39, 0.29) is 17.0 Å². The van der Waals surface area contributed by atoms with Crippen LogP contribution in [0.1, 0.15) is 41.5 Å². The average molecular weight is 171 g/mol. The maximum absolute atomic E-state index is 3.47. The maximum atomic E-state index is 3.47. The lowest BCUT2D eigenvalue weighted by Crippen LogP contribution is -2.80. The molecule has 0 unspecified atom stereocenters. The van der Waals surface area contributed by atoms with Gasteiger partial charge in [-0.3, -0.25) is 16.0 Å². The molecule has 0 atom stereocenters. The average Bonchev–Trinajstić information content (AvgIpc) is 1.44. The molecule has 12 heavy (non-hydrogen) atoms. The highest BCUT2D eigenvalue weighted by molar-refractivity contribution is 4.98. The number of hydrogen-bond donors (Lipinski definition) is 3. The topological polar surface area (TPSA) is 36.1 Å². The van der Waals surface area contributed by atoms with Crippen LogP contribution in [0, 0.1) is 0 Å². The number of nitrogens with one attached hydrogen (secondary N) is 3. The monoisotopic (exact) mass is 171 g/mol. The van der Waals surface area contributed by atoms with Gasteiger partial charge in [-0.1, -0.05) is 0 Å². The van der Waals surface area contributed by atoms with Gasteiger partial charge in [0.2, 0.25) is 0 Å². The molecule has 0 amide bonds. The SMILES string of the molecule is CC1(C)NC(C)(C)NC(C)(C)N1. The molecule has 1 aliphatic heterocycles. The molecule has 1 heterocycles. The van der Waals surface area contributed by atoms with Gasteiger partial charge in [-0.25, -0.2) is 0 Å². The van der Waals surface area contributed by atoms with E-state index in [2.05, 4.69) is 57.5 Å².